The third-order valence-corrected chi connectivity index (χ3v) is 5.21. The second kappa shape index (κ2) is 7.13. The number of rotatable bonds is 6. The Bertz CT molecular complexity index is 470. The van der Waals surface area contributed by atoms with E-state index in [-0.39, 0.29) is 5.41 Å². The molecule has 0 aromatic heterocycles. The summed E-state index contributed by atoms with van der Waals surface area (Å²) in [6, 6.07) is 7.82. The zero-order chi connectivity index (χ0) is 15.3. The molecule has 2 nitrogen and oxygen atoms in total. The van der Waals surface area contributed by atoms with Crippen LogP contribution in [0.4, 0.5) is 0 Å². The Hall–Kier alpha value is -1.28. The summed E-state index contributed by atoms with van der Waals surface area (Å²) in [4.78, 5) is 2.60. The van der Waals surface area contributed by atoms with Gasteiger partial charge in [-0.3, -0.25) is 0 Å². The maximum Gasteiger partial charge on any atom is 0.115 e. The Labute approximate surface area is 129 Å². The molecule has 2 rings (SSSR count). The third-order valence-electron chi connectivity index (χ3n) is 5.21. The van der Waals surface area contributed by atoms with Crippen molar-refractivity contribution in [1.29, 1.82) is 0 Å². The number of nitrogens with zero attached hydrogens (tertiary/aromatic N) is 1. The van der Waals surface area contributed by atoms with Crippen molar-refractivity contribution in [3.8, 4) is 5.75 Å². The molecule has 1 aliphatic rings. The van der Waals surface area contributed by atoms with Gasteiger partial charge in [-0.15, -0.1) is 6.58 Å². The Morgan fingerprint density at radius 1 is 1.43 bits per heavy atom. The van der Waals surface area contributed by atoms with E-state index in [1.165, 1.54) is 31.4 Å². The topological polar surface area (TPSA) is 23.5 Å². The van der Waals surface area contributed by atoms with Gasteiger partial charge in [0.2, 0.25) is 0 Å². The molecule has 2 heteroatoms. The molecule has 1 heterocycles. The van der Waals surface area contributed by atoms with Gasteiger partial charge >= 0.3 is 0 Å². The highest BCUT2D eigenvalue weighted by molar-refractivity contribution is 5.33. The molecule has 1 aliphatic heterocycles. The molecule has 21 heavy (non-hydrogen) atoms. The summed E-state index contributed by atoms with van der Waals surface area (Å²) < 4.78 is 0. The second-order valence-corrected chi connectivity index (χ2v) is 6.70. The molecule has 1 fully saturated rings. The summed E-state index contributed by atoms with van der Waals surface area (Å²) in [5.74, 6) is 0.986. The Morgan fingerprint density at radius 3 is 2.90 bits per heavy atom. The SMILES string of the molecule is C=CCCCCN1CC[C@](C)(c2cccc(O)c2)[C@@H](C)C1. The van der Waals surface area contributed by atoms with Crippen molar-refractivity contribution in [3.63, 3.8) is 0 Å². The first-order valence-corrected chi connectivity index (χ1v) is 8.19. The van der Waals surface area contributed by atoms with Crippen LogP contribution < -0.4 is 0 Å². The van der Waals surface area contributed by atoms with Crippen LogP contribution in [0.15, 0.2) is 36.9 Å². The molecule has 0 bridgehead atoms. The van der Waals surface area contributed by atoms with Crippen molar-refractivity contribution >= 4 is 0 Å². The summed E-state index contributed by atoms with van der Waals surface area (Å²) >= 11 is 0. The number of hydrogen-bond acceptors (Lipinski definition) is 2. The predicted octanol–water partition coefficient (Wildman–Crippen LogP) is 4.35. The average molecular weight is 287 g/mol. The van der Waals surface area contributed by atoms with Crippen molar-refractivity contribution in [2.24, 2.45) is 5.92 Å². The van der Waals surface area contributed by atoms with Crippen LogP contribution >= 0.6 is 0 Å². The maximum atomic E-state index is 9.74. The van der Waals surface area contributed by atoms with Crippen molar-refractivity contribution < 1.29 is 5.11 Å². The first-order valence-electron chi connectivity index (χ1n) is 8.19. The number of benzene rings is 1. The summed E-state index contributed by atoms with van der Waals surface area (Å²) in [6.07, 6.45) is 6.82. The average Bonchev–Trinajstić information content (AvgIpc) is 2.47. The van der Waals surface area contributed by atoms with Gasteiger partial charge in [0.25, 0.3) is 0 Å². The van der Waals surface area contributed by atoms with Crippen LogP contribution in [0.2, 0.25) is 0 Å². The van der Waals surface area contributed by atoms with E-state index in [4.69, 9.17) is 0 Å². The zero-order valence-corrected chi connectivity index (χ0v) is 13.5. The van der Waals surface area contributed by atoms with E-state index < -0.39 is 0 Å². The standard InChI is InChI=1S/C19H29NO/c1-4-5-6-7-12-20-13-11-19(3,16(2)15-20)17-9-8-10-18(21)14-17/h4,8-10,14,16,21H,1,5-7,11-13,15H2,2-3H3/t16-,19-/m0/s1. The quantitative estimate of drug-likeness (QED) is 0.621. The van der Waals surface area contributed by atoms with Gasteiger partial charge in [-0.1, -0.05) is 32.1 Å². The smallest absolute Gasteiger partial charge is 0.115 e. The van der Waals surface area contributed by atoms with Crippen molar-refractivity contribution in [3.05, 3.63) is 42.5 Å². The van der Waals surface area contributed by atoms with Crippen LogP contribution in [-0.2, 0) is 5.41 Å². The molecular formula is C19H29NO. The molecule has 1 aromatic rings. The zero-order valence-electron chi connectivity index (χ0n) is 13.5. The molecular weight excluding hydrogens is 258 g/mol. The van der Waals surface area contributed by atoms with Crippen LogP contribution in [0.25, 0.3) is 0 Å². The Morgan fingerprint density at radius 2 is 2.24 bits per heavy atom. The molecule has 0 radical (unpaired) electrons. The molecule has 0 aliphatic carbocycles. The monoisotopic (exact) mass is 287 g/mol. The number of allylic oxidation sites excluding steroid dienone is 1. The molecule has 1 aromatic carbocycles. The fraction of sp³-hybridized carbons (Fsp3) is 0.579. The molecule has 0 saturated carbocycles. The number of likely N-dealkylation sites (tertiary alicyclic amines) is 1. The summed E-state index contributed by atoms with van der Waals surface area (Å²) in [5, 5.41) is 9.74. The van der Waals surface area contributed by atoms with Gasteiger partial charge in [-0.25, -0.2) is 0 Å². The van der Waals surface area contributed by atoms with E-state index in [0.29, 0.717) is 11.7 Å². The van der Waals surface area contributed by atoms with Crippen molar-refractivity contribution in [2.45, 2.75) is 44.9 Å². The highest BCUT2D eigenvalue weighted by Gasteiger charge is 2.37. The van der Waals surface area contributed by atoms with E-state index in [2.05, 4.69) is 31.4 Å². The van der Waals surface area contributed by atoms with Gasteiger partial charge < -0.3 is 10.0 Å². The van der Waals surface area contributed by atoms with E-state index >= 15 is 0 Å². The van der Waals surface area contributed by atoms with E-state index in [1.54, 1.807) is 6.07 Å². The molecule has 1 saturated heterocycles. The largest absolute Gasteiger partial charge is 0.508 e. The Balaban J connectivity index is 1.95. The normalized spacial score (nSPS) is 26.7. The van der Waals surface area contributed by atoms with Crippen LogP contribution in [-0.4, -0.2) is 29.6 Å². The number of aromatic hydroxyl groups is 1. The maximum absolute atomic E-state index is 9.74. The van der Waals surface area contributed by atoms with Crippen molar-refractivity contribution in [2.75, 3.05) is 19.6 Å². The fourth-order valence-electron chi connectivity index (χ4n) is 3.43. The third kappa shape index (κ3) is 3.88. The van der Waals surface area contributed by atoms with Gasteiger partial charge in [0, 0.05) is 6.54 Å². The first kappa shape index (κ1) is 16.1. The Kier molecular flexibility index (Phi) is 5.46. The van der Waals surface area contributed by atoms with Gasteiger partial charge in [-0.2, -0.15) is 0 Å². The van der Waals surface area contributed by atoms with Gasteiger partial charge in [-0.05, 0) is 67.8 Å². The van der Waals surface area contributed by atoms with Crippen LogP contribution in [0.5, 0.6) is 5.75 Å². The highest BCUT2D eigenvalue weighted by Crippen LogP contribution is 2.40. The molecule has 0 spiro atoms. The van der Waals surface area contributed by atoms with Gasteiger partial charge in [0.05, 0.1) is 0 Å². The van der Waals surface area contributed by atoms with Gasteiger partial charge in [0.15, 0.2) is 0 Å². The second-order valence-electron chi connectivity index (χ2n) is 6.70. The van der Waals surface area contributed by atoms with Crippen LogP contribution in [0, 0.1) is 5.92 Å². The summed E-state index contributed by atoms with van der Waals surface area (Å²) in [6.45, 7) is 12.0. The number of phenolic OH excluding ortho intramolecular Hbond substituents is 1. The molecule has 1 N–H and O–H groups in total. The van der Waals surface area contributed by atoms with Crippen molar-refractivity contribution in [1.82, 2.24) is 4.90 Å². The minimum atomic E-state index is 0.177. The summed E-state index contributed by atoms with van der Waals surface area (Å²) in [7, 11) is 0. The first-order chi connectivity index (χ1) is 10.1. The van der Waals surface area contributed by atoms with E-state index in [9.17, 15) is 5.11 Å². The van der Waals surface area contributed by atoms with Gasteiger partial charge in [0.1, 0.15) is 5.75 Å². The van der Waals surface area contributed by atoms with Crippen LogP contribution in [0.3, 0.4) is 0 Å². The number of piperidine rings is 1. The minimum absolute atomic E-state index is 0.177. The molecule has 116 valence electrons. The van der Waals surface area contributed by atoms with E-state index in [1.807, 2.05) is 18.2 Å². The molecule has 0 unspecified atom stereocenters. The lowest BCUT2D eigenvalue weighted by Gasteiger charge is -2.45. The number of unbranched alkanes of at least 4 members (excludes halogenated alkanes) is 2. The van der Waals surface area contributed by atoms with Crippen LogP contribution in [0.1, 0.15) is 45.1 Å². The molecule has 2 atom stereocenters. The lowest BCUT2D eigenvalue weighted by atomic mass is 9.68. The minimum Gasteiger partial charge on any atom is -0.508 e. The predicted molar refractivity (Wildman–Crippen MR) is 89.7 cm³/mol. The van der Waals surface area contributed by atoms with E-state index in [0.717, 1.165) is 19.5 Å². The number of hydrogen-bond donors (Lipinski definition) is 1. The molecule has 0 amide bonds. The fourth-order valence-corrected chi connectivity index (χ4v) is 3.43. The lowest BCUT2D eigenvalue weighted by molar-refractivity contribution is 0.109. The highest BCUT2D eigenvalue weighted by atomic mass is 16.3. The summed E-state index contributed by atoms with van der Waals surface area (Å²) in [5.41, 5.74) is 1.46. The lowest BCUT2D eigenvalue weighted by Crippen LogP contribution is -2.47. The number of phenols is 1.